The third-order valence-electron chi connectivity index (χ3n) is 2.39. The summed E-state index contributed by atoms with van der Waals surface area (Å²) in [4.78, 5) is 4.26. The molecule has 2 rings (SSSR count). The van der Waals surface area contributed by atoms with Gasteiger partial charge in [-0.3, -0.25) is 4.98 Å². The topological polar surface area (TPSA) is 56.3 Å². The average molecular weight is 298 g/mol. The number of halogens is 1. The van der Waals surface area contributed by atoms with E-state index in [9.17, 15) is 8.42 Å². The standard InChI is InChI=1S/C13H12ClNO3S/c1-19(16,17)11-6-4-5-10(9-11)18-13(14)12-7-2-3-8-15-12/h2-9,13H,1H3. The molecule has 6 heteroatoms. The van der Waals surface area contributed by atoms with Crippen LogP contribution in [0.2, 0.25) is 0 Å². The highest BCUT2D eigenvalue weighted by atomic mass is 35.5. The molecule has 4 nitrogen and oxygen atoms in total. The van der Waals surface area contributed by atoms with Crippen LogP contribution < -0.4 is 4.74 Å². The second-order valence-corrected chi connectivity index (χ2v) is 6.35. The summed E-state index contributed by atoms with van der Waals surface area (Å²) in [5, 5.41) is 0. The number of alkyl halides is 1. The molecule has 1 atom stereocenters. The van der Waals surface area contributed by atoms with E-state index in [1.807, 2.05) is 0 Å². The highest BCUT2D eigenvalue weighted by molar-refractivity contribution is 7.90. The average Bonchev–Trinajstić information content (AvgIpc) is 2.39. The molecule has 0 amide bonds. The Labute approximate surface area is 116 Å². The van der Waals surface area contributed by atoms with Gasteiger partial charge in [-0.25, -0.2) is 8.42 Å². The minimum atomic E-state index is -3.26. The first-order chi connectivity index (χ1) is 8.97. The van der Waals surface area contributed by atoms with Gasteiger partial charge in [0.15, 0.2) is 9.84 Å². The lowest BCUT2D eigenvalue weighted by molar-refractivity contribution is 0.282. The molecule has 1 heterocycles. The predicted octanol–water partition coefficient (Wildman–Crippen LogP) is 2.80. The maximum atomic E-state index is 11.4. The second kappa shape index (κ2) is 5.59. The van der Waals surface area contributed by atoms with E-state index in [1.165, 1.54) is 12.1 Å². The third-order valence-corrected chi connectivity index (χ3v) is 3.82. The summed E-state index contributed by atoms with van der Waals surface area (Å²) in [5.41, 5.74) is -0.204. The number of aromatic nitrogens is 1. The Balaban J connectivity index is 2.20. The Kier molecular flexibility index (Phi) is 4.07. The largest absolute Gasteiger partial charge is 0.469 e. The fraction of sp³-hybridized carbons (Fsp3) is 0.154. The van der Waals surface area contributed by atoms with Crippen molar-refractivity contribution >= 4 is 21.4 Å². The van der Waals surface area contributed by atoms with Crippen molar-refractivity contribution in [2.45, 2.75) is 10.5 Å². The summed E-state index contributed by atoms with van der Waals surface area (Å²) in [5.74, 6) is 0.383. The van der Waals surface area contributed by atoms with Crippen molar-refractivity contribution < 1.29 is 13.2 Å². The van der Waals surface area contributed by atoms with E-state index < -0.39 is 15.4 Å². The van der Waals surface area contributed by atoms with Crippen LogP contribution in [0.1, 0.15) is 11.3 Å². The zero-order chi connectivity index (χ0) is 13.9. The van der Waals surface area contributed by atoms with Crippen LogP contribution in [0, 0.1) is 0 Å². The maximum absolute atomic E-state index is 11.4. The molecule has 0 radical (unpaired) electrons. The van der Waals surface area contributed by atoms with Gasteiger partial charge in [0.1, 0.15) is 5.75 Å². The van der Waals surface area contributed by atoms with Crippen molar-refractivity contribution in [2.75, 3.05) is 6.26 Å². The third kappa shape index (κ3) is 3.68. The molecule has 0 bridgehead atoms. The highest BCUT2D eigenvalue weighted by Gasteiger charge is 2.13. The number of rotatable bonds is 4. The van der Waals surface area contributed by atoms with Crippen LogP contribution in [-0.4, -0.2) is 19.7 Å². The molecular formula is C13H12ClNO3S. The molecule has 0 N–H and O–H groups in total. The van der Waals surface area contributed by atoms with Crippen LogP contribution in [0.3, 0.4) is 0 Å². The van der Waals surface area contributed by atoms with Crippen molar-refractivity contribution in [1.29, 1.82) is 0 Å². The lowest BCUT2D eigenvalue weighted by atomic mass is 10.3. The molecule has 0 aliphatic rings. The fourth-order valence-electron chi connectivity index (χ4n) is 1.47. The van der Waals surface area contributed by atoms with E-state index in [-0.39, 0.29) is 4.90 Å². The number of benzene rings is 1. The molecular weight excluding hydrogens is 286 g/mol. The van der Waals surface area contributed by atoms with Gasteiger partial charge in [-0.1, -0.05) is 23.7 Å². The van der Waals surface area contributed by atoms with Gasteiger partial charge < -0.3 is 4.74 Å². The molecule has 0 aliphatic heterocycles. The van der Waals surface area contributed by atoms with Crippen LogP contribution >= 0.6 is 11.6 Å². The van der Waals surface area contributed by atoms with Crippen LogP contribution in [0.4, 0.5) is 0 Å². The van der Waals surface area contributed by atoms with Gasteiger partial charge >= 0.3 is 0 Å². The Morgan fingerprint density at radius 3 is 2.63 bits per heavy atom. The Morgan fingerprint density at radius 1 is 1.21 bits per heavy atom. The van der Waals surface area contributed by atoms with Crippen LogP contribution in [0.15, 0.2) is 53.6 Å². The first kappa shape index (κ1) is 13.8. The smallest absolute Gasteiger partial charge is 0.214 e. The van der Waals surface area contributed by atoms with Crippen LogP contribution in [-0.2, 0) is 9.84 Å². The summed E-state index contributed by atoms with van der Waals surface area (Å²) in [6.07, 6.45) is 2.75. The SMILES string of the molecule is CS(=O)(=O)c1cccc(OC(Cl)c2ccccn2)c1. The summed E-state index contributed by atoms with van der Waals surface area (Å²) in [7, 11) is -3.26. The minimum Gasteiger partial charge on any atom is -0.469 e. The monoisotopic (exact) mass is 297 g/mol. The van der Waals surface area contributed by atoms with Crippen molar-refractivity contribution in [3.05, 3.63) is 54.4 Å². The minimum absolute atomic E-state index is 0.190. The van der Waals surface area contributed by atoms with E-state index in [1.54, 1.807) is 36.5 Å². The summed E-state index contributed by atoms with van der Waals surface area (Å²) < 4.78 is 28.4. The van der Waals surface area contributed by atoms with Crippen molar-refractivity contribution in [2.24, 2.45) is 0 Å². The van der Waals surface area contributed by atoms with Gasteiger partial charge in [0.2, 0.25) is 5.56 Å². The first-order valence-electron chi connectivity index (χ1n) is 5.48. The normalized spacial score (nSPS) is 12.9. The van der Waals surface area contributed by atoms with Gasteiger partial charge in [0.05, 0.1) is 10.6 Å². The molecule has 0 fully saturated rings. The van der Waals surface area contributed by atoms with Gasteiger partial charge in [0, 0.05) is 12.5 Å². The molecule has 0 saturated carbocycles. The summed E-state index contributed by atoms with van der Waals surface area (Å²) in [6, 6.07) is 11.5. The van der Waals surface area contributed by atoms with Crippen LogP contribution in [0.25, 0.3) is 0 Å². The lowest BCUT2D eigenvalue weighted by Gasteiger charge is -2.12. The number of nitrogens with zero attached hydrogens (tertiary/aromatic N) is 1. The van der Waals surface area contributed by atoms with Gasteiger partial charge in [-0.15, -0.1) is 0 Å². The molecule has 100 valence electrons. The molecule has 0 saturated heterocycles. The summed E-state index contributed by atoms with van der Waals surface area (Å²) in [6.45, 7) is 0. The molecule has 1 aromatic carbocycles. The molecule has 1 aromatic heterocycles. The molecule has 1 unspecified atom stereocenters. The van der Waals surface area contributed by atoms with Gasteiger partial charge in [-0.05, 0) is 30.3 Å². The lowest BCUT2D eigenvalue weighted by Crippen LogP contribution is -2.03. The van der Waals surface area contributed by atoms with E-state index in [4.69, 9.17) is 16.3 Å². The summed E-state index contributed by atoms with van der Waals surface area (Å²) >= 11 is 6.07. The Bertz CT molecular complexity index is 659. The van der Waals surface area contributed by atoms with Gasteiger partial charge in [0.25, 0.3) is 0 Å². The van der Waals surface area contributed by atoms with Crippen molar-refractivity contribution in [3.63, 3.8) is 0 Å². The van der Waals surface area contributed by atoms with E-state index in [2.05, 4.69) is 4.98 Å². The van der Waals surface area contributed by atoms with Crippen LogP contribution in [0.5, 0.6) is 5.75 Å². The maximum Gasteiger partial charge on any atom is 0.214 e. The molecule has 19 heavy (non-hydrogen) atoms. The van der Waals surface area contributed by atoms with E-state index >= 15 is 0 Å². The zero-order valence-corrected chi connectivity index (χ0v) is 11.7. The second-order valence-electron chi connectivity index (χ2n) is 3.94. The number of sulfone groups is 1. The highest BCUT2D eigenvalue weighted by Crippen LogP contribution is 2.25. The van der Waals surface area contributed by atoms with Crippen molar-refractivity contribution in [3.8, 4) is 5.75 Å². The fourth-order valence-corrected chi connectivity index (χ4v) is 2.36. The van der Waals surface area contributed by atoms with E-state index in [0.717, 1.165) is 6.26 Å². The number of hydrogen-bond donors (Lipinski definition) is 0. The Morgan fingerprint density at radius 2 is 2.00 bits per heavy atom. The Hall–Kier alpha value is -1.59. The number of ether oxygens (including phenoxy) is 1. The zero-order valence-electron chi connectivity index (χ0n) is 10.2. The molecule has 0 aliphatic carbocycles. The quantitative estimate of drug-likeness (QED) is 0.814. The van der Waals surface area contributed by atoms with E-state index in [0.29, 0.717) is 11.4 Å². The van der Waals surface area contributed by atoms with Gasteiger partial charge in [-0.2, -0.15) is 0 Å². The molecule has 0 spiro atoms. The first-order valence-corrected chi connectivity index (χ1v) is 7.81. The number of pyridine rings is 1. The molecule has 2 aromatic rings. The van der Waals surface area contributed by atoms with Crippen molar-refractivity contribution in [1.82, 2.24) is 4.98 Å². The number of hydrogen-bond acceptors (Lipinski definition) is 4. The predicted molar refractivity (Wildman–Crippen MR) is 73.0 cm³/mol.